The normalized spacial score (nSPS) is 10.3. The standard InChI is InChI=1S/C15H15NO2/c1-2-12-13(7-4-8-14(12)15(17)18)10-5-3-6-11(16)9-10/h3-9H,2,16H2,1H3,(H,17,18). The van der Waals surface area contributed by atoms with Crippen molar-refractivity contribution in [2.75, 3.05) is 5.73 Å². The molecule has 0 spiro atoms. The van der Waals surface area contributed by atoms with E-state index in [2.05, 4.69) is 0 Å². The quantitative estimate of drug-likeness (QED) is 0.811. The van der Waals surface area contributed by atoms with Gasteiger partial charge in [-0.2, -0.15) is 0 Å². The zero-order valence-electron chi connectivity index (χ0n) is 10.2. The monoisotopic (exact) mass is 241 g/mol. The van der Waals surface area contributed by atoms with Crippen LogP contribution in [0.5, 0.6) is 0 Å². The Labute approximate surface area is 106 Å². The molecule has 0 radical (unpaired) electrons. The average molecular weight is 241 g/mol. The van der Waals surface area contributed by atoms with E-state index in [9.17, 15) is 9.90 Å². The van der Waals surface area contributed by atoms with E-state index >= 15 is 0 Å². The molecular formula is C15H15NO2. The second-order valence-electron chi connectivity index (χ2n) is 4.12. The Morgan fingerprint density at radius 2 is 1.94 bits per heavy atom. The maximum absolute atomic E-state index is 11.2. The van der Waals surface area contributed by atoms with Gasteiger partial charge < -0.3 is 10.8 Å². The second kappa shape index (κ2) is 4.92. The fourth-order valence-corrected chi connectivity index (χ4v) is 2.14. The molecule has 2 aromatic rings. The number of carbonyl (C=O) groups is 1. The van der Waals surface area contributed by atoms with Gasteiger partial charge in [-0.3, -0.25) is 0 Å². The van der Waals surface area contributed by atoms with Gasteiger partial charge in [-0.15, -0.1) is 0 Å². The molecule has 0 aliphatic heterocycles. The van der Waals surface area contributed by atoms with Gasteiger partial charge in [0.25, 0.3) is 0 Å². The summed E-state index contributed by atoms with van der Waals surface area (Å²) in [6, 6.07) is 12.8. The lowest BCUT2D eigenvalue weighted by Gasteiger charge is -2.11. The number of anilines is 1. The van der Waals surface area contributed by atoms with Crippen molar-refractivity contribution in [3.05, 3.63) is 53.6 Å². The fourth-order valence-electron chi connectivity index (χ4n) is 2.14. The van der Waals surface area contributed by atoms with Crippen molar-refractivity contribution < 1.29 is 9.90 Å². The van der Waals surface area contributed by atoms with Crippen LogP contribution >= 0.6 is 0 Å². The number of hydrogen-bond acceptors (Lipinski definition) is 2. The molecule has 0 heterocycles. The average Bonchev–Trinajstić information content (AvgIpc) is 2.37. The minimum absolute atomic E-state index is 0.359. The molecule has 0 amide bonds. The van der Waals surface area contributed by atoms with Crippen molar-refractivity contribution in [1.29, 1.82) is 0 Å². The van der Waals surface area contributed by atoms with Crippen LogP contribution in [-0.2, 0) is 6.42 Å². The molecule has 0 aliphatic rings. The molecule has 0 bridgehead atoms. The summed E-state index contributed by atoms with van der Waals surface area (Å²) in [5, 5.41) is 9.20. The number of nitrogen functional groups attached to an aromatic ring is 1. The van der Waals surface area contributed by atoms with E-state index in [4.69, 9.17) is 5.73 Å². The molecular weight excluding hydrogens is 226 g/mol. The Bertz CT molecular complexity index is 591. The molecule has 2 rings (SSSR count). The van der Waals surface area contributed by atoms with E-state index in [1.807, 2.05) is 37.3 Å². The lowest BCUT2D eigenvalue weighted by molar-refractivity contribution is 0.0696. The number of aromatic carboxylic acids is 1. The zero-order valence-corrected chi connectivity index (χ0v) is 10.2. The molecule has 3 heteroatoms. The van der Waals surface area contributed by atoms with Crippen molar-refractivity contribution in [3.63, 3.8) is 0 Å². The Morgan fingerprint density at radius 1 is 1.22 bits per heavy atom. The minimum atomic E-state index is -0.891. The van der Waals surface area contributed by atoms with Crippen LogP contribution in [0.4, 0.5) is 5.69 Å². The third-order valence-corrected chi connectivity index (χ3v) is 2.96. The van der Waals surface area contributed by atoms with Crippen molar-refractivity contribution in [3.8, 4) is 11.1 Å². The van der Waals surface area contributed by atoms with Gasteiger partial charge in [-0.25, -0.2) is 4.79 Å². The zero-order chi connectivity index (χ0) is 13.1. The highest BCUT2D eigenvalue weighted by atomic mass is 16.4. The van der Waals surface area contributed by atoms with Gasteiger partial charge in [0.2, 0.25) is 0 Å². The highest BCUT2D eigenvalue weighted by molar-refractivity contribution is 5.92. The molecule has 2 aromatic carbocycles. The molecule has 92 valence electrons. The van der Waals surface area contributed by atoms with Crippen molar-refractivity contribution in [1.82, 2.24) is 0 Å². The predicted octanol–water partition coefficient (Wildman–Crippen LogP) is 3.20. The number of carboxylic acid groups (broad SMARTS) is 1. The molecule has 0 fully saturated rings. The summed E-state index contributed by atoms with van der Waals surface area (Å²) in [6.45, 7) is 1.96. The SMILES string of the molecule is CCc1c(C(=O)O)cccc1-c1cccc(N)c1. The molecule has 0 unspecified atom stereocenters. The van der Waals surface area contributed by atoms with Crippen LogP contribution in [0.2, 0.25) is 0 Å². The van der Waals surface area contributed by atoms with Crippen LogP contribution in [0.15, 0.2) is 42.5 Å². The smallest absolute Gasteiger partial charge is 0.335 e. The summed E-state index contributed by atoms with van der Waals surface area (Å²) in [7, 11) is 0. The number of benzene rings is 2. The first-order valence-electron chi connectivity index (χ1n) is 5.84. The molecule has 0 aromatic heterocycles. The molecule has 0 aliphatic carbocycles. The number of hydrogen-bond donors (Lipinski definition) is 2. The molecule has 3 nitrogen and oxygen atoms in total. The lowest BCUT2D eigenvalue weighted by atomic mass is 9.93. The maximum atomic E-state index is 11.2. The van der Waals surface area contributed by atoms with Crippen molar-refractivity contribution in [2.45, 2.75) is 13.3 Å². The van der Waals surface area contributed by atoms with Gasteiger partial charge in [0.15, 0.2) is 0 Å². The molecule has 3 N–H and O–H groups in total. The van der Waals surface area contributed by atoms with Crippen molar-refractivity contribution >= 4 is 11.7 Å². The Hall–Kier alpha value is -2.29. The highest BCUT2D eigenvalue weighted by Gasteiger charge is 2.13. The summed E-state index contributed by atoms with van der Waals surface area (Å²) in [4.78, 5) is 11.2. The number of nitrogens with two attached hydrogens (primary N) is 1. The van der Waals surface area contributed by atoms with Gasteiger partial charge in [-0.1, -0.05) is 31.2 Å². The van der Waals surface area contributed by atoms with Gasteiger partial charge in [0.1, 0.15) is 0 Å². The van der Waals surface area contributed by atoms with Crippen LogP contribution in [0.25, 0.3) is 11.1 Å². The van der Waals surface area contributed by atoms with E-state index in [-0.39, 0.29) is 0 Å². The first kappa shape index (κ1) is 12.2. The summed E-state index contributed by atoms with van der Waals surface area (Å²) in [6.07, 6.45) is 0.673. The summed E-state index contributed by atoms with van der Waals surface area (Å²) >= 11 is 0. The van der Waals surface area contributed by atoms with E-state index in [0.29, 0.717) is 17.7 Å². The molecule has 18 heavy (non-hydrogen) atoms. The molecule has 0 saturated carbocycles. The maximum Gasteiger partial charge on any atom is 0.335 e. The highest BCUT2D eigenvalue weighted by Crippen LogP contribution is 2.28. The Kier molecular flexibility index (Phi) is 3.33. The lowest BCUT2D eigenvalue weighted by Crippen LogP contribution is -2.03. The van der Waals surface area contributed by atoms with Crippen LogP contribution in [0.3, 0.4) is 0 Å². The summed E-state index contributed by atoms with van der Waals surface area (Å²) in [5.41, 5.74) is 9.54. The van der Waals surface area contributed by atoms with Gasteiger partial charge in [0.05, 0.1) is 5.56 Å². The number of carboxylic acids is 1. The Morgan fingerprint density at radius 3 is 2.56 bits per heavy atom. The summed E-state index contributed by atoms with van der Waals surface area (Å²) in [5.74, 6) is -0.891. The summed E-state index contributed by atoms with van der Waals surface area (Å²) < 4.78 is 0. The first-order chi connectivity index (χ1) is 8.63. The fraction of sp³-hybridized carbons (Fsp3) is 0.133. The first-order valence-corrected chi connectivity index (χ1v) is 5.84. The topological polar surface area (TPSA) is 63.3 Å². The van der Waals surface area contributed by atoms with E-state index < -0.39 is 5.97 Å². The third kappa shape index (κ3) is 2.20. The van der Waals surface area contributed by atoms with E-state index in [1.165, 1.54) is 0 Å². The van der Waals surface area contributed by atoms with Gasteiger partial charge in [0, 0.05) is 5.69 Å². The van der Waals surface area contributed by atoms with Crippen LogP contribution in [0.1, 0.15) is 22.8 Å². The van der Waals surface area contributed by atoms with Gasteiger partial charge >= 0.3 is 5.97 Å². The van der Waals surface area contributed by atoms with E-state index in [1.54, 1.807) is 12.1 Å². The Balaban J connectivity index is 2.64. The third-order valence-electron chi connectivity index (χ3n) is 2.96. The van der Waals surface area contributed by atoms with Crippen LogP contribution in [-0.4, -0.2) is 11.1 Å². The second-order valence-corrected chi connectivity index (χ2v) is 4.12. The minimum Gasteiger partial charge on any atom is -0.478 e. The number of rotatable bonds is 3. The predicted molar refractivity (Wildman–Crippen MR) is 72.6 cm³/mol. The van der Waals surface area contributed by atoms with Gasteiger partial charge in [-0.05, 0) is 41.3 Å². The van der Waals surface area contributed by atoms with Crippen molar-refractivity contribution in [2.24, 2.45) is 0 Å². The molecule has 0 saturated heterocycles. The largest absolute Gasteiger partial charge is 0.478 e. The van der Waals surface area contributed by atoms with Crippen LogP contribution < -0.4 is 5.73 Å². The van der Waals surface area contributed by atoms with Crippen LogP contribution in [0, 0.1) is 0 Å². The van der Waals surface area contributed by atoms with E-state index in [0.717, 1.165) is 16.7 Å². The molecule has 0 atom stereocenters.